The van der Waals surface area contributed by atoms with E-state index in [-0.39, 0.29) is 11.5 Å². The molecule has 0 spiro atoms. The number of aromatic amines is 2. The van der Waals surface area contributed by atoms with Crippen LogP contribution in [0.15, 0.2) is 36.7 Å². The van der Waals surface area contributed by atoms with Gasteiger partial charge in [-0.25, -0.2) is 4.98 Å². The molecule has 0 saturated heterocycles. The highest BCUT2D eigenvalue weighted by atomic mass is 16.5. The van der Waals surface area contributed by atoms with Crippen molar-refractivity contribution >= 4 is 0 Å². The van der Waals surface area contributed by atoms with Gasteiger partial charge in [-0.1, -0.05) is 32.9 Å². The van der Waals surface area contributed by atoms with Crippen LogP contribution in [-0.2, 0) is 18.4 Å². The molecule has 27 heavy (non-hydrogen) atoms. The topological polar surface area (TPSA) is 69.8 Å². The van der Waals surface area contributed by atoms with Gasteiger partial charge in [0.1, 0.15) is 5.75 Å². The lowest BCUT2D eigenvalue weighted by Gasteiger charge is -2.35. The number of nitrogens with one attached hydrogen (secondary N) is 2. The molecular formula is C21H27N5O. The Morgan fingerprint density at radius 2 is 2.11 bits per heavy atom. The van der Waals surface area contributed by atoms with Crippen molar-refractivity contribution < 1.29 is 4.74 Å². The van der Waals surface area contributed by atoms with Gasteiger partial charge in [-0.05, 0) is 23.8 Å². The number of nitrogens with zero attached hydrogens (tertiary/aromatic N) is 3. The number of imidazole rings is 1. The molecule has 2 aromatic heterocycles. The van der Waals surface area contributed by atoms with Crippen molar-refractivity contribution in [2.24, 2.45) is 0 Å². The zero-order valence-electron chi connectivity index (χ0n) is 16.4. The number of fused-ring (bicyclic) bond motifs is 1. The minimum Gasteiger partial charge on any atom is -0.497 e. The van der Waals surface area contributed by atoms with Crippen molar-refractivity contribution in [1.29, 1.82) is 0 Å². The molecule has 3 heterocycles. The van der Waals surface area contributed by atoms with Crippen LogP contribution in [0.3, 0.4) is 0 Å². The van der Waals surface area contributed by atoms with Gasteiger partial charge in [-0.3, -0.25) is 10.00 Å². The van der Waals surface area contributed by atoms with Crippen LogP contribution in [0.2, 0.25) is 0 Å². The first-order chi connectivity index (χ1) is 13.0. The summed E-state index contributed by atoms with van der Waals surface area (Å²) in [4.78, 5) is 10.4. The lowest BCUT2D eigenvalue weighted by atomic mass is 9.92. The summed E-state index contributed by atoms with van der Waals surface area (Å²) in [5.41, 5.74) is 5.78. The highest BCUT2D eigenvalue weighted by molar-refractivity contribution is 5.37. The van der Waals surface area contributed by atoms with Crippen molar-refractivity contribution in [3.63, 3.8) is 0 Å². The number of hydrogen-bond donors (Lipinski definition) is 2. The predicted octanol–water partition coefficient (Wildman–Crippen LogP) is 3.59. The lowest BCUT2D eigenvalue weighted by molar-refractivity contribution is 0.197. The van der Waals surface area contributed by atoms with Crippen LogP contribution < -0.4 is 4.74 Å². The van der Waals surface area contributed by atoms with Crippen molar-refractivity contribution in [3.05, 3.63) is 65.0 Å². The number of H-pyrrole nitrogens is 2. The molecule has 0 saturated carbocycles. The molecule has 0 unspecified atom stereocenters. The summed E-state index contributed by atoms with van der Waals surface area (Å²) < 4.78 is 5.45. The second kappa shape index (κ2) is 6.85. The van der Waals surface area contributed by atoms with Crippen LogP contribution in [0.25, 0.3) is 0 Å². The minimum absolute atomic E-state index is 0.0399. The van der Waals surface area contributed by atoms with E-state index in [1.54, 1.807) is 13.4 Å². The van der Waals surface area contributed by atoms with E-state index in [4.69, 9.17) is 4.74 Å². The zero-order valence-corrected chi connectivity index (χ0v) is 16.4. The number of rotatable bonds is 4. The van der Waals surface area contributed by atoms with Crippen LogP contribution in [-0.4, -0.2) is 38.7 Å². The average Bonchev–Trinajstić information content (AvgIpc) is 3.30. The van der Waals surface area contributed by atoms with Crippen LogP contribution in [0, 0.1) is 0 Å². The average molecular weight is 365 g/mol. The summed E-state index contributed by atoms with van der Waals surface area (Å²) in [6.07, 6.45) is 2.77. The van der Waals surface area contributed by atoms with Gasteiger partial charge in [0.05, 0.1) is 30.9 Å². The molecule has 1 atom stereocenters. The van der Waals surface area contributed by atoms with Gasteiger partial charge in [0, 0.05) is 36.3 Å². The van der Waals surface area contributed by atoms with Crippen molar-refractivity contribution in [3.8, 4) is 5.75 Å². The van der Waals surface area contributed by atoms with Crippen molar-refractivity contribution in [2.45, 2.75) is 45.2 Å². The third-order valence-corrected chi connectivity index (χ3v) is 5.21. The Bertz CT molecular complexity index is 921. The van der Waals surface area contributed by atoms with E-state index in [9.17, 15) is 0 Å². The Balaban J connectivity index is 1.67. The van der Waals surface area contributed by atoms with E-state index < -0.39 is 0 Å². The van der Waals surface area contributed by atoms with Crippen molar-refractivity contribution in [1.82, 2.24) is 25.1 Å². The molecule has 6 heteroatoms. The fourth-order valence-corrected chi connectivity index (χ4v) is 3.72. The normalized spacial score (nSPS) is 17.7. The molecule has 0 aliphatic carbocycles. The van der Waals surface area contributed by atoms with Crippen molar-refractivity contribution in [2.75, 3.05) is 13.7 Å². The second-order valence-electron chi connectivity index (χ2n) is 8.19. The molecule has 2 N–H and O–H groups in total. The third kappa shape index (κ3) is 3.49. The minimum atomic E-state index is 0.0399. The molecule has 1 aliphatic rings. The van der Waals surface area contributed by atoms with E-state index >= 15 is 0 Å². The largest absolute Gasteiger partial charge is 0.497 e. The Morgan fingerprint density at radius 3 is 2.85 bits per heavy atom. The van der Waals surface area contributed by atoms with Gasteiger partial charge >= 0.3 is 0 Å². The summed E-state index contributed by atoms with van der Waals surface area (Å²) in [5, 5.41) is 7.75. The van der Waals surface area contributed by atoms with Crippen LogP contribution in [0.4, 0.5) is 0 Å². The number of ether oxygens (including phenoxy) is 1. The van der Waals surface area contributed by atoms with Gasteiger partial charge in [0.2, 0.25) is 0 Å². The molecule has 0 radical (unpaired) electrons. The highest BCUT2D eigenvalue weighted by Gasteiger charge is 2.31. The maximum atomic E-state index is 5.45. The first kappa shape index (κ1) is 17.8. The van der Waals surface area contributed by atoms with E-state index in [0.29, 0.717) is 0 Å². The molecular weight excluding hydrogens is 338 g/mol. The molecule has 6 nitrogen and oxygen atoms in total. The molecule has 0 amide bonds. The number of aromatic nitrogens is 4. The summed E-state index contributed by atoms with van der Waals surface area (Å²) in [7, 11) is 1.70. The summed E-state index contributed by atoms with van der Waals surface area (Å²) in [6, 6.07) is 10.6. The number of hydrogen-bond acceptors (Lipinski definition) is 4. The highest BCUT2D eigenvalue weighted by Crippen LogP contribution is 2.35. The predicted molar refractivity (Wildman–Crippen MR) is 105 cm³/mol. The number of methoxy groups -OCH3 is 1. The van der Waals surface area contributed by atoms with Crippen LogP contribution >= 0.6 is 0 Å². The summed E-state index contributed by atoms with van der Waals surface area (Å²) in [6.45, 7) is 8.31. The Labute approximate surface area is 160 Å². The molecule has 4 rings (SSSR count). The standard InChI is InChI=1S/C21H27N5O/c1-21(2,3)18-11-15(24-25-18)12-26-9-8-17-19(23-13-22-17)20(26)14-6-5-7-16(10-14)27-4/h5-7,10-11,13,20H,8-9,12H2,1-4H3,(H,22,23)(H,24,25)/t20-/m1/s1. The maximum absolute atomic E-state index is 5.45. The molecule has 0 bridgehead atoms. The molecule has 142 valence electrons. The zero-order chi connectivity index (χ0) is 19.0. The molecule has 0 fully saturated rings. The van der Waals surface area contributed by atoms with Gasteiger partial charge in [0.15, 0.2) is 0 Å². The Kier molecular flexibility index (Phi) is 4.52. The monoisotopic (exact) mass is 365 g/mol. The smallest absolute Gasteiger partial charge is 0.119 e. The maximum Gasteiger partial charge on any atom is 0.119 e. The van der Waals surface area contributed by atoms with Gasteiger partial charge in [-0.2, -0.15) is 5.10 Å². The quantitative estimate of drug-likeness (QED) is 0.741. The Hall–Kier alpha value is -2.60. The first-order valence-corrected chi connectivity index (χ1v) is 9.40. The fourth-order valence-electron chi connectivity index (χ4n) is 3.72. The van der Waals surface area contributed by atoms with E-state index in [1.165, 1.54) is 11.3 Å². The fraction of sp³-hybridized carbons (Fsp3) is 0.429. The summed E-state index contributed by atoms with van der Waals surface area (Å²) in [5.74, 6) is 0.867. The SMILES string of the molecule is COc1cccc([C@@H]2c3nc[nH]c3CCN2Cc2cc(C(C)(C)C)n[nH]2)c1. The molecule has 1 aromatic carbocycles. The van der Waals surface area contributed by atoms with Crippen LogP contribution in [0.1, 0.15) is 55.2 Å². The van der Waals surface area contributed by atoms with Gasteiger partial charge < -0.3 is 9.72 Å². The van der Waals surface area contributed by atoms with E-state index in [0.717, 1.165) is 42.3 Å². The number of benzene rings is 1. The molecule has 1 aliphatic heterocycles. The van der Waals surface area contributed by atoms with E-state index in [1.807, 2.05) is 12.1 Å². The lowest BCUT2D eigenvalue weighted by Crippen LogP contribution is -2.36. The Morgan fingerprint density at radius 1 is 1.26 bits per heavy atom. The van der Waals surface area contributed by atoms with Crippen LogP contribution in [0.5, 0.6) is 5.75 Å². The second-order valence-corrected chi connectivity index (χ2v) is 8.19. The van der Waals surface area contributed by atoms with Gasteiger partial charge in [-0.15, -0.1) is 0 Å². The molecule has 3 aromatic rings. The van der Waals surface area contributed by atoms with E-state index in [2.05, 4.69) is 64.0 Å². The first-order valence-electron chi connectivity index (χ1n) is 9.40. The third-order valence-electron chi connectivity index (χ3n) is 5.21. The van der Waals surface area contributed by atoms with Gasteiger partial charge in [0.25, 0.3) is 0 Å². The summed E-state index contributed by atoms with van der Waals surface area (Å²) >= 11 is 0.